The first-order valence-electron chi connectivity index (χ1n) is 9.05. The molecule has 1 amide bonds. The van der Waals surface area contributed by atoms with E-state index in [9.17, 15) is 10.1 Å². The van der Waals surface area contributed by atoms with Crippen LogP contribution in [0.5, 0.6) is 0 Å². The molecule has 29 heavy (non-hydrogen) atoms. The van der Waals surface area contributed by atoms with Crippen LogP contribution in [0.3, 0.4) is 0 Å². The lowest BCUT2D eigenvalue weighted by atomic mass is 9.92. The molecular weight excluding hydrogens is 364 g/mol. The molecule has 1 aromatic heterocycles. The number of nitrogens with one attached hydrogen (secondary N) is 3. The van der Waals surface area contributed by atoms with Crippen LogP contribution >= 0.6 is 0 Å². The fourth-order valence-electron chi connectivity index (χ4n) is 3.05. The molecule has 1 heterocycles. The van der Waals surface area contributed by atoms with Crippen molar-refractivity contribution in [3.05, 3.63) is 77.2 Å². The summed E-state index contributed by atoms with van der Waals surface area (Å²) in [4.78, 5) is 20.9. The Morgan fingerprint density at radius 2 is 2.07 bits per heavy atom. The Labute approximate surface area is 169 Å². The highest BCUT2D eigenvalue weighted by molar-refractivity contribution is 6.06. The highest BCUT2D eigenvalue weighted by Crippen LogP contribution is 2.26. The first-order valence-corrected chi connectivity index (χ1v) is 9.05. The van der Waals surface area contributed by atoms with Crippen molar-refractivity contribution in [2.45, 2.75) is 19.8 Å². The van der Waals surface area contributed by atoms with Crippen molar-refractivity contribution in [3.63, 3.8) is 0 Å². The van der Waals surface area contributed by atoms with Crippen LogP contribution < -0.4 is 10.6 Å². The SMILES string of the molecule is CC(C)c1c(C#N)cccc1C(=O)Nc1ccc(C=N)c(Nc2ccncn2)c1. The molecule has 7 nitrogen and oxygen atoms in total. The van der Waals surface area contributed by atoms with Crippen LogP contribution in [0, 0.1) is 16.7 Å². The summed E-state index contributed by atoms with van der Waals surface area (Å²) in [6.45, 7) is 3.91. The van der Waals surface area contributed by atoms with Crippen LogP contribution in [0.15, 0.2) is 55.0 Å². The minimum Gasteiger partial charge on any atom is -0.340 e. The van der Waals surface area contributed by atoms with Crippen LogP contribution in [0.1, 0.15) is 46.8 Å². The first kappa shape index (κ1) is 19.7. The number of anilines is 3. The molecule has 7 heteroatoms. The molecule has 3 rings (SSSR count). The van der Waals surface area contributed by atoms with Crippen LogP contribution in [-0.4, -0.2) is 22.1 Å². The Bertz CT molecular complexity index is 1090. The quantitative estimate of drug-likeness (QED) is 0.543. The van der Waals surface area contributed by atoms with Crippen molar-refractivity contribution in [1.29, 1.82) is 10.7 Å². The van der Waals surface area contributed by atoms with E-state index in [1.807, 2.05) is 13.8 Å². The zero-order chi connectivity index (χ0) is 20.8. The van der Waals surface area contributed by atoms with Crippen LogP contribution in [-0.2, 0) is 0 Å². The van der Waals surface area contributed by atoms with Gasteiger partial charge in [-0.25, -0.2) is 9.97 Å². The van der Waals surface area contributed by atoms with E-state index in [0.717, 1.165) is 5.56 Å². The van der Waals surface area contributed by atoms with E-state index >= 15 is 0 Å². The summed E-state index contributed by atoms with van der Waals surface area (Å²) in [6.07, 6.45) is 4.26. The predicted octanol–water partition coefficient (Wildman–Crippen LogP) is 4.47. The van der Waals surface area contributed by atoms with Gasteiger partial charge in [0.15, 0.2) is 0 Å². The summed E-state index contributed by atoms with van der Waals surface area (Å²) < 4.78 is 0. The monoisotopic (exact) mass is 384 g/mol. The van der Waals surface area contributed by atoms with Gasteiger partial charge in [-0.3, -0.25) is 4.79 Å². The van der Waals surface area contributed by atoms with Gasteiger partial charge in [-0.05, 0) is 47.9 Å². The highest BCUT2D eigenvalue weighted by Gasteiger charge is 2.18. The molecule has 0 saturated heterocycles. The highest BCUT2D eigenvalue weighted by atomic mass is 16.1. The second-order valence-corrected chi connectivity index (χ2v) is 6.65. The fourth-order valence-corrected chi connectivity index (χ4v) is 3.05. The number of amides is 1. The van der Waals surface area contributed by atoms with Crippen molar-refractivity contribution < 1.29 is 4.79 Å². The normalized spacial score (nSPS) is 10.3. The number of benzene rings is 2. The predicted molar refractivity (Wildman–Crippen MR) is 113 cm³/mol. The Hall–Kier alpha value is -4.05. The molecular formula is C22H20N6O. The molecule has 3 aromatic rings. The molecule has 2 aromatic carbocycles. The van der Waals surface area contributed by atoms with Crippen molar-refractivity contribution in [2.75, 3.05) is 10.6 Å². The molecule has 0 bridgehead atoms. The van der Waals surface area contributed by atoms with Gasteiger partial charge in [-0.15, -0.1) is 0 Å². The number of rotatable bonds is 6. The van der Waals surface area contributed by atoms with Gasteiger partial charge in [0.05, 0.1) is 17.3 Å². The number of aromatic nitrogens is 2. The average Bonchev–Trinajstić information content (AvgIpc) is 2.74. The third-order valence-corrected chi connectivity index (χ3v) is 4.36. The Kier molecular flexibility index (Phi) is 5.95. The van der Waals surface area contributed by atoms with Crippen molar-refractivity contribution in [3.8, 4) is 6.07 Å². The molecule has 144 valence electrons. The van der Waals surface area contributed by atoms with Crippen molar-refractivity contribution >= 4 is 29.3 Å². The van der Waals surface area contributed by atoms with E-state index in [4.69, 9.17) is 5.41 Å². The van der Waals surface area contributed by atoms with E-state index in [1.165, 1.54) is 12.5 Å². The summed E-state index contributed by atoms with van der Waals surface area (Å²) in [5.74, 6) is 0.318. The lowest BCUT2D eigenvalue weighted by molar-refractivity contribution is 0.102. The minimum absolute atomic E-state index is 0.0295. The summed E-state index contributed by atoms with van der Waals surface area (Å²) in [5.41, 5.74) is 3.54. The van der Waals surface area contributed by atoms with Gasteiger partial charge in [0, 0.05) is 29.2 Å². The lowest BCUT2D eigenvalue weighted by Gasteiger charge is -2.15. The van der Waals surface area contributed by atoms with Gasteiger partial charge in [-0.2, -0.15) is 5.26 Å². The molecule has 0 saturated carbocycles. The Morgan fingerprint density at radius 1 is 1.24 bits per heavy atom. The lowest BCUT2D eigenvalue weighted by Crippen LogP contribution is -2.16. The van der Waals surface area contributed by atoms with Crippen LogP contribution in [0.2, 0.25) is 0 Å². The van der Waals surface area contributed by atoms with Gasteiger partial charge in [0.1, 0.15) is 12.1 Å². The van der Waals surface area contributed by atoms with E-state index in [-0.39, 0.29) is 11.8 Å². The van der Waals surface area contributed by atoms with Gasteiger partial charge in [0.25, 0.3) is 5.91 Å². The molecule has 0 fully saturated rings. The third-order valence-electron chi connectivity index (χ3n) is 4.36. The number of hydrogen-bond donors (Lipinski definition) is 3. The molecule has 3 N–H and O–H groups in total. The fraction of sp³-hybridized carbons (Fsp3) is 0.136. The largest absolute Gasteiger partial charge is 0.340 e. The van der Waals surface area contributed by atoms with Crippen molar-refractivity contribution in [2.24, 2.45) is 0 Å². The standard InChI is InChI=1S/C22H20N6O/c1-14(2)21-16(12-24)4-3-5-18(21)22(29)27-17-7-6-15(11-23)19(10-17)28-20-8-9-25-13-26-20/h3-11,13-14,23H,1-2H3,(H,27,29)(H,25,26,28). The third kappa shape index (κ3) is 4.45. The summed E-state index contributed by atoms with van der Waals surface area (Å²) in [6, 6.07) is 14.2. The number of nitrogens with zero attached hydrogens (tertiary/aromatic N) is 3. The molecule has 0 aliphatic rings. The second-order valence-electron chi connectivity index (χ2n) is 6.65. The summed E-state index contributed by atoms with van der Waals surface area (Å²) >= 11 is 0. The van der Waals surface area contributed by atoms with Gasteiger partial charge >= 0.3 is 0 Å². The average molecular weight is 384 g/mol. The van der Waals surface area contributed by atoms with E-state index in [1.54, 1.807) is 48.7 Å². The van der Waals surface area contributed by atoms with Crippen molar-refractivity contribution in [1.82, 2.24) is 9.97 Å². The summed E-state index contributed by atoms with van der Waals surface area (Å²) in [5, 5.41) is 23.0. The van der Waals surface area contributed by atoms with Crippen LogP contribution in [0.4, 0.5) is 17.2 Å². The van der Waals surface area contributed by atoms with E-state index < -0.39 is 0 Å². The van der Waals surface area contributed by atoms with E-state index in [2.05, 4.69) is 26.7 Å². The molecule has 0 aliphatic carbocycles. The Morgan fingerprint density at radius 3 is 2.72 bits per heavy atom. The van der Waals surface area contributed by atoms with Gasteiger partial charge < -0.3 is 16.0 Å². The number of carbonyl (C=O) groups is 1. The maximum absolute atomic E-state index is 12.9. The van der Waals surface area contributed by atoms with Gasteiger partial charge in [0.2, 0.25) is 0 Å². The number of hydrogen-bond acceptors (Lipinski definition) is 6. The zero-order valence-electron chi connectivity index (χ0n) is 16.1. The Balaban J connectivity index is 1.91. The molecule has 0 atom stereocenters. The molecule has 0 unspecified atom stereocenters. The zero-order valence-corrected chi connectivity index (χ0v) is 16.1. The molecule has 0 spiro atoms. The van der Waals surface area contributed by atoms with Gasteiger partial charge in [-0.1, -0.05) is 19.9 Å². The molecule has 0 aliphatic heterocycles. The van der Waals surface area contributed by atoms with Crippen LogP contribution in [0.25, 0.3) is 0 Å². The second kappa shape index (κ2) is 8.76. The smallest absolute Gasteiger partial charge is 0.255 e. The number of carbonyl (C=O) groups excluding carboxylic acids is 1. The summed E-state index contributed by atoms with van der Waals surface area (Å²) in [7, 11) is 0. The topological polar surface area (TPSA) is 115 Å². The first-order chi connectivity index (χ1) is 14.0. The number of nitriles is 1. The maximum atomic E-state index is 12.9. The maximum Gasteiger partial charge on any atom is 0.255 e. The van der Waals surface area contributed by atoms with E-state index in [0.29, 0.717) is 33.9 Å². The minimum atomic E-state index is -0.290. The molecule has 0 radical (unpaired) electrons.